The summed E-state index contributed by atoms with van der Waals surface area (Å²) >= 11 is 1.46. The third-order valence-corrected chi connectivity index (χ3v) is 8.21. The molecule has 3 rings (SSSR count). The number of ether oxygens (including phenoxy) is 1. The van der Waals surface area contributed by atoms with Gasteiger partial charge in [-0.05, 0) is 45.0 Å². The number of likely N-dealkylation sites (N-methyl/N-ethyl adjacent to an activating group) is 2. The molecule has 2 aliphatic rings. The molecule has 9 nitrogen and oxygen atoms in total. The smallest absolute Gasteiger partial charge is 0.240 e. The number of methoxy groups -OCH3 is 1. The molecule has 2 saturated heterocycles. The number of amides is 2. The van der Waals surface area contributed by atoms with Crippen LogP contribution in [0, 0.1) is 0 Å². The predicted molar refractivity (Wildman–Crippen MR) is 143 cm³/mol. The lowest BCUT2D eigenvalue weighted by Crippen LogP contribution is -2.54. The summed E-state index contributed by atoms with van der Waals surface area (Å²) in [6.07, 6.45) is 1.04. The molecule has 1 aromatic carbocycles. The van der Waals surface area contributed by atoms with Crippen LogP contribution < -0.4 is 16.4 Å². The summed E-state index contributed by atoms with van der Waals surface area (Å²) in [5.74, 6) is -0.244. The number of hydrogen-bond acceptors (Lipinski definition) is 8. The van der Waals surface area contributed by atoms with Crippen LogP contribution in [0.3, 0.4) is 0 Å². The molecular formula is C25H42N6O3S. The first-order valence-corrected chi connectivity index (χ1v) is 13.5. The van der Waals surface area contributed by atoms with Crippen molar-refractivity contribution in [3.63, 3.8) is 0 Å². The summed E-state index contributed by atoms with van der Waals surface area (Å²) in [6.45, 7) is 10.8. The first kappa shape index (κ1) is 27.7. The number of anilines is 1. The minimum absolute atomic E-state index is 0.0204. The van der Waals surface area contributed by atoms with Gasteiger partial charge in [-0.25, -0.2) is 0 Å². The number of thioether (sulfide) groups is 1. The molecule has 0 saturated carbocycles. The molecule has 2 aliphatic heterocycles. The number of nitrogens with two attached hydrogens (primary N) is 1. The van der Waals surface area contributed by atoms with Gasteiger partial charge >= 0.3 is 0 Å². The third-order valence-electron chi connectivity index (χ3n) is 6.68. The van der Waals surface area contributed by atoms with E-state index in [1.54, 1.807) is 12.0 Å². The van der Waals surface area contributed by atoms with Crippen LogP contribution in [0.2, 0.25) is 0 Å². The molecule has 4 atom stereocenters. The summed E-state index contributed by atoms with van der Waals surface area (Å²) in [5.41, 5.74) is 8.58. The molecule has 0 bridgehead atoms. The maximum Gasteiger partial charge on any atom is 0.240 e. The van der Waals surface area contributed by atoms with Gasteiger partial charge in [-0.15, -0.1) is 11.8 Å². The summed E-state index contributed by atoms with van der Waals surface area (Å²) in [4.78, 5) is 32.2. The quantitative estimate of drug-likeness (QED) is 0.380. The van der Waals surface area contributed by atoms with Crippen LogP contribution >= 0.6 is 11.8 Å². The van der Waals surface area contributed by atoms with Crippen molar-refractivity contribution in [2.75, 3.05) is 71.9 Å². The number of benzene rings is 1. The topological polar surface area (TPSA) is 103 Å². The van der Waals surface area contributed by atoms with Crippen molar-refractivity contribution in [2.24, 2.45) is 5.73 Å². The molecule has 2 fully saturated rings. The highest BCUT2D eigenvalue weighted by atomic mass is 32.2. The molecule has 4 N–H and O–H groups in total. The second-order valence-electron chi connectivity index (χ2n) is 9.50. The Kier molecular flexibility index (Phi) is 10.7. The highest BCUT2D eigenvalue weighted by molar-refractivity contribution is 8.01. The van der Waals surface area contributed by atoms with Gasteiger partial charge in [-0.1, -0.05) is 12.1 Å². The van der Waals surface area contributed by atoms with E-state index in [0.717, 1.165) is 44.8 Å². The highest BCUT2D eigenvalue weighted by Gasteiger charge is 2.44. The standard InChI is InChI=1S/C25H42N6O3S/c1-5-31-24(33)21(35-25(31)22(26)23(32)28-18(2)17-34-4)16-27-20-8-6-19(7-9-20)10-11-30-14-12-29(3)13-15-30/h6-9,18,21-22,25,27H,5,10-17,26H2,1-4H3,(H,28,32)/t18?,21-,22-,25?/m1/s1. The van der Waals surface area contributed by atoms with Crippen molar-refractivity contribution in [3.05, 3.63) is 29.8 Å². The Morgan fingerprint density at radius 3 is 2.54 bits per heavy atom. The van der Waals surface area contributed by atoms with E-state index in [9.17, 15) is 9.59 Å². The largest absolute Gasteiger partial charge is 0.383 e. The maximum absolute atomic E-state index is 13.0. The average Bonchev–Trinajstić information content (AvgIpc) is 3.17. The lowest BCUT2D eigenvalue weighted by molar-refractivity contribution is -0.131. The van der Waals surface area contributed by atoms with E-state index in [1.807, 2.05) is 13.8 Å². The molecule has 2 amide bonds. The van der Waals surface area contributed by atoms with Gasteiger partial charge in [-0.2, -0.15) is 0 Å². The van der Waals surface area contributed by atoms with Crippen molar-refractivity contribution < 1.29 is 14.3 Å². The minimum Gasteiger partial charge on any atom is -0.383 e. The van der Waals surface area contributed by atoms with Crippen molar-refractivity contribution in [3.8, 4) is 0 Å². The average molecular weight is 507 g/mol. The normalized spacial score (nSPS) is 23.3. The van der Waals surface area contributed by atoms with Crippen LogP contribution in [0.5, 0.6) is 0 Å². The summed E-state index contributed by atoms with van der Waals surface area (Å²) < 4.78 is 5.07. The molecule has 0 aromatic heterocycles. The Labute approximate surface area is 214 Å². The number of piperazine rings is 1. The van der Waals surface area contributed by atoms with Crippen LogP contribution in [0.1, 0.15) is 19.4 Å². The van der Waals surface area contributed by atoms with Gasteiger partial charge < -0.3 is 35.8 Å². The predicted octanol–water partition coefficient (Wildman–Crippen LogP) is 0.657. The molecule has 1 aromatic rings. The number of carbonyl (C=O) groups excluding carboxylic acids is 2. The van der Waals surface area contributed by atoms with Crippen molar-refractivity contribution in [1.82, 2.24) is 20.0 Å². The van der Waals surface area contributed by atoms with E-state index in [-0.39, 0.29) is 28.5 Å². The van der Waals surface area contributed by atoms with Gasteiger partial charge in [0.25, 0.3) is 0 Å². The number of hydrogen-bond donors (Lipinski definition) is 3. The fraction of sp³-hybridized carbons (Fsp3) is 0.680. The van der Waals surface area contributed by atoms with Crippen LogP contribution in [0.25, 0.3) is 0 Å². The zero-order chi connectivity index (χ0) is 25.4. The van der Waals surface area contributed by atoms with E-state index in [4.69, 9.17) is 10.5 Å². The van der Waals surface area contributed by atoms with E-state index in [2.05, 4.69) is 51.7 Å². The van der Waals surface area contributed by atoms with Crippen LogP contribution in [-0.2, 0) is 20.7 Å². The van der Waals surface area contributed by atoms with Gasteiger partial charge in [0.05, 0.1) is 6.61 Å². The van der Waals surface area contributed by atoms with E-state index in [0.29, 0.717) is 19.7 Å². The number of rotatable bonds is 12. The summed E-state index contributed by atoms with van der Waals surface area (Å²) in [7, 11) is 3.77. The fourth-order valence-corrected chi connectivity index (χ4v) is 5.94. The van der Waals surface area contributed by atoms with E-state index in [1.165, 1.54) is 17.3 Å². The maximum atomic E-state index is 13.0. The monoisotopic (exact) mass is 506 g/mol. The number of nitrogens with one attached hydrogen (secondary N) is 2. The Hall–Kier alpha value is -1.85. The lowest BCUT2D eigenvalue weighted by atomic mass is 10.1. The Morgan fingerprint density at radius 2 is 1.91 bits per heavy atom. The minimum atomic E-state index is -0.798. The highest BCUT2D eigenvalue weighted by Crippen LogP contribution is 2.33. The first-order valence-electron chi connectivity index (χ1n) is 12.6. The zero-order valence-electron chi connectivity index (χ0n) is 21.5. The van der Waals surface area contributed by atoms with Crippen molar-refractivity contribution in [1.29, 1.82) is 0 Å². The SMILES string of the molecule is CCN1C(=O)[C@@H](CNc2ccc(CCN3CCN(C)CC3)cc2)SC1[C@H](N)C(=O)NC(C)COC. The van der Waals surface area contributed by atoms with Gasteiger partial charge in [0, 0.05) is 64.7 Å². The second-order valence-corrected chi connectivity index (χ2v) is 10.8. The molecule has 0 aliphatic carbocycles. The second kappa shape index (κ2) is 13.5. The molecular weight excluding hydrogens is 464 g/mol. The van der Waals surface area contributed by atoms with Crippen LogP contribution in [0.4, 0.5) is 5.69 Å². The lowest BCUT2D eigenvalue weighted by Gasteiger charge is -2.32. The Bertz CT molecular complexity index is 818. The summed E-state index contributed by atoms with van der Waals surface area (Å²) in [6, 6.07) is 7.53. The van der Waals surface area contributed by atoms with Gasteiger partial charge in [-0.3, -0.25) is 9.59 Å². The molecule has 0 spiro atoms. The van der Waals surface area contributed by atoms with E-state index < -0.39 is 6.04 Å². The molecule has 2 heterocycles. The van der Waals surface area contributed by atoms with Crippen molar-refractivity contribution in [2.45, 2.75) is 43.0 Å². The Morgan fingerprint density at radius 1 is 1.23 bits per heavy atom. The van der Waals surface area contributed by atoms with Crippen LogP contribution in [-0.4, -0.2) is 116 Å². The molecule has 0 radical (unpaired) electrons. The molecule has 35 heavy (non-hydrogen) atoms. The Balaban J connectivity index is 1.48. The summed E-state index contributed by atoms with van der Waals surface area (Å²) in [5, 5.41) is 5.59. The van der Waals surface area contributed by atoms with E-state index >= 15 is 0 Å². The van der Waals surface area contributed by atoms with Crippen molar-refractivity contribution >= 4 is 29.3 Å². The number of carbonyl (C=O) groups is 2. The van der Waals surface area contributed by atoms with Gasteiger partial charge in [0.2, 0.25) is 11.8 Å². The van der Waals surface area contributed by atoms with Crippen LogP contribution in [0.15, 0.2) is 24.3 Å². The zero-order valence-corrected chi connectivity index (χ0v) is 22.4. The molecule has 10 heteroatoms. The number of nitrogens with zero attached hydrogens (tertiary/aromatic N) is 3. The first-order chi connectivity index (χ1) is 16.8. The molecule has 2 unspecified atom stereocenters. The molecule has 196 valence electrons. The van der Waals surface area contributed by atoms with Gasteiger partial charge in [0.1, 0.15) is 16.7 Å². The van der Waals surface area contributed by atoms with Gasteiger partial charge in [0.15, 0.2) is 0 Å². The fourth-order valence-electron chi connectivity index (χ4n) is 4.48. The third kappa shape index (κ3) is 7.82.